The molecule has 2 aromatic rings. The van der Waals surface area contributed by atoms with Gasteiger partial charge in [0.05, 0.1) is 13.5 Å². The molecule has 11 nitrogen and oxygen atoms in total. The lowest BCUT2D eigenvalue weighted by Crippen LogP contribution is -2.70. The van der Waals surface area contributed by atoms with Crippen molar-refractivity contribution in [3.63, 3.8) is 0 Å². The average Bonchev–Trinajstić information content (AvgIpc) is 3.24. The van der Waals surface area contributed by atoms with Gasteiger partial charge in [-0.15, -0.1) is 0 Å². The van der Waals surface area contributed by atoms with Crippen LogP contribution in [0.3, 0.4) is 0 Å². The number of ether oxygens (including phenoxy) is 4. The number of aromatic amines is 1. The van der Waals surface area contributed by atoms with E-state index in [1.807, 2.05) is 44.3 Å². The summed E-state index contributed by atoms with van der Waals surface area (Å²) in [5.41, 5.74) is 1.06. The Bertz CT molecular complexity index is 1340. The number of hydrogen-bond acceptors (Lipinski definition) is 9. The molecule has 11 heteroatoms. The summed E-state index contributed by atoms with van der Waals surface area (Å²) in [4.78, 5) is 53.4. The maximum Gasteiger partial charge on any atom is 0.328 e. The van der Waals surface area contributed by atoms with E-state index < -0.39 is 47.9 Å². The molecule has 7 rings (SSSR count). The summed E-state index contributed by atoms with van der Waals surface area (Å²) in [6, 6.07) is 6.81. The lowest BCUT2D eigenvalue weighted by Gasteiger charge is -2.59. The molecular formula is C31H40N2O9. The molecule has 5 heterocycles. The van der Waals surface area contributed by atoms with Gasteiger partial charge in [0.1, 0.15) is 6.04 Å². The molecule has 5 fully saturated rings. The molecule has 1 aromatic heterocycles. The number of nitrogens with one attached hydrogen (secondary N) is 2. The summed E-state index contributed by atoms with van der Waals surface area (Å²) >= 11 is 0. The van der Waals surface area contributed by atoms with Crippen molar-refractivity contribution in [1.82, 2.24) is 10.3 Å². The Hall–Kier alpha value is -2.99. The first kappa shape index (κ1) is 29.1. The maximum absolute atomic E-state index is 12.9. The van der Waals surface area contributed by atoms with E-state index in [4.69, 9.17) is 28.7 Å². The largest absolute Gasteiger partial charge is 0.467 e. The van der Waals surface area contributed by atoms with E-state index in [2.05, 4.69) is 17.2 Å². The summed E-state index contributed by atoms with van der Waals surface area (Å²) in [7, 11) is 1.28. The van der Waals surface area contributed by atoms with Crippen LogP contribution in [0.4, 0.5) is 0 Å². The number of rotatable bonds is 8. The molecule has 1 aromatic carbocycles. The lowest BCUT2D eigenvalue weighted by atomic mass is 9.58. The van der Waals surface area contributed by atoms with Crippen LogP contribution in [0.1, 0.15) is 64.9 Å². The van der Waals surface area contributed by atoms with Crippen molar-refractivity contribution in [2.24, 2.45) is 23.7 Å². The molecule has 5 aliphatic rings. The van der Waals surface area contributed by atoms with Gasteiger partial charge in [-0.25, -0.2) is 14.6 Å². The average molecular weight is 585 g/mol. The third-order valence-electron chi connectivity index (χ3n) is 9.82. The molecule has 0 radical (unpaired) electrons. The molecule has 4 aliphatic heterocycles. The van der Waals surface area contributed by atoms with E-state index in [0.29, 0.717) is 12.3 Å². The van der Waals surface area contributed by atoms with E-state index in [1.165, 1.54) is 7.11 Å². The summed E-state index contributed by atoms with van der Waals surface area (Å²) in [5.74, 6) is -2.01. The van der Waals surface area contributed by atoms with Crippen LogP contribution in [0.2, 0.25) is 0 Å². The summed E-state index contributed by atoms with van der Waals surface area (Å²) < 4.78 is 23.3. The minimum Gasteiger partial charge on any atom is -0.467 e. The van der Waals surface area contributed by atoms with E-state index >= 15 is 0 Å². The minimum absolute atomic E-state index is 0.0199. The molecule has 2 bridgehead atoms. The van der Waals surface area contributed by atoms with Gasteiger partial charge in [-0.05, 0) is 49.7 Å². The lowest BCUT2D eigenvalue weighted by molar-refractivity contribution is -0.576. The number of aromatic nitrogens is 1. The third-order valence-corrected chi connectivity index (χ3v) is 9.82. The molecular weight excluding hydrogens is 544 g/mol. The fourth-order valence-corrected chi connectivity index (χ4v) is 7.53. The zero-order chi connectivity index (χ0) is 29.6. The van der Waals surface area contributed by atoms with Crippen LogP contribution in [-0.2, 0) is 49.5 Å². The van der Waals surface area contributed by atoms with Crippen molar-refractivity contribution < 1.29 is 43.1 Å². The standard InChI is InChI=1S/C31H40N2O9/c1-17-9-10-22-18(2)28(39-29-31(22)21(17)13-14-30(3,40-29)41-42-31)38-26(35)12-11-25(34)33-24(27(36)37-4)15-19-16-32-23-8-6-5-7-20(19)23/h5-8,16-18,21-22,24,28-29,32H,9-15H2,1-4H3,(H,33,34)/t17-,18-,21+,22+,24+,28-,29-,30+,31-/m1/s1. The number of hydrogen-bond donors (Lipinski definition) is 2. The number of para-hydroxylation sites is 1. The molecule has 4 saturated heterocycles. The van der Waals surface area contributed by atoms with Gasteiger partial charge in [0.25, 0.3) is 0 Å². The summed E-state index contributed by atoms with van der Waals surface area (Å²) in [6.07, 6.45) is 3.70. The van der Waals surface area contributed by atoms with E-state index in [0.717, 1.165) is 35.7 Å². The molecule has 42 heavy (non-hydrogen) atoms. The number of amides is 1. The Labute approximate surface area is 244 Å². The first-order valence-electron chi connectivity index (χ1n) is 15.0. The molecule has 228 valence electrons. The maximum atomic E-state index is 12.9. The Morgan fingerprint density at radius 2 is 1.90 bits per heavy atom. The van der Waals surface area contributed by atoms with Crippen molar-refractivity contribution in [2.45, 2.75) is 95.7 Å². The fourth-order valence-electron chi connectivity index (χ4n) is 7.53. The van der Waals surface area contributed by atoms with Gasteiger partial charge >= 0.3 is 11.9 Å². The van der Waals surface area contributed by atoms with Gasteiger partial charge in [-0.2, -0.15) is 0 Å². The highest BCUT2D eigenvalue weighted by Gasteiger charge is 2.69. The predicted molar refractivity (Wildman–Crippen MR) is 148 cm³/mol. The van der Waals surface area contributed by atoms with Crippen LogP contribution in [0, 0.1) is 23.7 Å². The highest BCUT2D eigenvalue weighted by Crippen LogP contribution is 2.60. The smallest absolute Gasteiger partial charge is 0.328 e. The van der Waals surface area contributed by atoms with Crippen molar-refractivity contribution in [2.75, 3.05) is 7.11 Å². The normalized spacial score (nSPS) is 36.0. The minimum atomic E-state index is -0.923. The van der Waals surface area contributed by atoms with Crippen molar-refractivity contribution in [3.05, 3.63) is 36.0 Å². The molecule has 1 spiro atoms. The monoisotopic (exact) mass is 584 g/mol. The second-order valence-corrected chi connectivity index (χ2v) is 12.5. The number of esters is 2. The van der Waals surface area contributed by atoms with E-state index in [9.17, 15) is 14.4 Å². The zero-order valence-corrected chi connectivity index (χ0v) is 24.6. The highest BCUT2D eigenvalue weighted by atomic mass is 17.3. The van der Waals surface area contributed by atoms with Crippen LogP contribution in [0.15, 0.2) is 30.5 Å². The second-order valence-electron chi connectivity index (χ2n) is 12.5. The van der Waals surface area contributed by atoms with Crippen molar-refractivity contribution >= 4 is 28.7 Å². The van der Waals surface area contributed by atoms with Gasteiger partial charge < -0.3 is 29.2 Å². The molecule has 9 atom stereocenters. The number of carbonyl (C=O) groups excluding carboxylic acids is 3. The molecule has 1 amide bonds. The number of fused-ring (bicyclic) bond motifs is 3. The van der Waals surface area contributed by atoms with Crippen LogP contribution >= 0.6 is 0 Å². The highest BCUT2D eigenvalue weighted by molar-refractivity contribution is 5.88. The summed E-state index contributed by atoms with van der Waals surface area (Å²) in [6.45, 7) is 6.09. The number of benzene rings is 1. The van der Waals surface area contributed by atoms with Crippen LogP contribution in [0.5, 0.6) is 0 Å². The Morgan fingerprint density at radius 3 is 2.71 bits per heavy atom. The first-order valence-corrected chi connectivity index (χ1v) is 15.0. The number of methoxy groups -OCH3 is 1. The topological polar surface area (TPSA) is 134 Å². The first-order chi connectivity index (χ1) is 20.1. The number of carbonyl (C=O) groups is 3. The van der Waals surface area contributed by atoms with Crippen LogP contribution < -0.4 is 5.32 Å². The van der Waals surface area contributed by atoms with Crippen molar-refractivity contribution in [3.8, 4) is 0 Å². The Kier molecular flexibility index (Phi) is 7.80. The van der Waals surface area contributed by atoms with Gasteiger partial charge in [0.15, 0.2) is 11.9 Å². The van der Waals surface area contributed by atoms with Crippen molar-refractivity contribution in [1.29, 1.82) is 0 Å². The zero-order valence-electron chi connectivity index (χ0n) is 24.6. The molecule has 0 unspecified atom stereocenters. The molecule has 1 aliphatic carbocycles. The van der Waals surface area contributed by atoms with Gasteiger partial charge in [-0.3, -0.25) is 9.59 Å². The Balaban J connectivity index is 1.07. The number of H-pyrrole nitrogens is 1. The van der Waals surface area contributed by atoms with Gasteiger partial charge in [0.2, 0.25) is 18.0 Å². The Morgan fingerprint density at radius 1 is 1.10 bits per heavy atom. The predicted octanol–water partition coefficient (Wildman–Crippen LogP) is 3.90. The molecule has 2 N–H and O–H groups in total. The van der Waals surface area contributed by atoms with Gasteiger partial charge in [0, 0.05) is 48.2 Å². The van der Waals surface area contributed by atoms with Crippen LogP contribution in [-0.4, -0.2) is 59.9 Å². The second kappa shape index (κ2) is 11.3. The fraction of sp³-hybridized carbons (Fsp3) is 0.645. The van der Waals surface area contributed by atoms with Crippen LogP contribution in [0.25, 0.3) is 10.9 Å². The SMILES string of the molecule is COC(=O)[C@H](Cc1c[nH]c2ccccc12)NC(=O)CCC(=O)O[C@@H]1O[C@@H]2O[C@]3(C)CC[C@H]4[C@H](C)CC[C@@H]([C@H]1C)[C@@]24OO3. The van der Waals surface area contributed by atoms with E-state index in [1.54, 1.807) is 0 Å². The summed E-state index contributed by atoms with van der Waals surface area (Å²) in [5, 5.41) is 3.68. The molecule has 1 saturated carbocycles. The van der Waals surface area contributed by atoms with Gasteiger partial charge in [-0.1, -0.05) is 32.0 Å². The third kappa shape index (κ3) is 5.10. The van der Waals surface area contributed by atoms with E-state index in [-0.39, 0.29) is 37.0 Å². The quantitative estimate of drug-likeness (QED) is 0.350.